The number of alkyl halides is 4. The Labute approximate surface area is 556 Å². The Balaban J connectivity index is 0.000000301. The maximum Gasteiger partial charge on any atom is 0.246 e. The average Bonchev–Trinajstić information content (AvgIpc) is 1.64. The van der Waals surface area contributed by atoms with E-state index in [-0.39, 0.29) is 109 Å². The lowest BCUT2D eigenvalue weighted by Crippen LogP contribution is -2.58. The van der Waals surface area contributed by atoms with E-state index in [1.165, 1.54) is 47.0 Å². The van der Waals surface area contributed by atoms with Crippen LogP contribution in [0, 0.1) is 81.8 Å². The summed E-state index contributed by atoms with van der Waals surface area (Å²) in [6.45, 7) is 22.2. The van der Waals surface area contributed by atoms with E-state index >= 15 is 0 Å². The molecule has 524 valence electrons. The largest absolute Gasteiger partial charge is 0.344 e. The summed E-state index contributed by atoms with van der Waals surface area (Å²) in [7, 11) is 0. The molecule has 2 aromatic heterocycles. The summed E-state index contributed by atoms with van der Waals surface area (Å²) in [5.74, 6) is -12.3. The Morgan fingerprint density at radius 2 is 0.916 bits per heavy atom. The minimum atomic E-state index is -2.89. The van der Waals surface area contributed by atoms with Crippen molar-refractivity contribution in [1.29, 1.82) is 0 Å². The average molecular weight is 1330 g/mol. The van der Waals surface area contributed by atoms with Gasteiger partial charge >= 0.3 is 0 Å². The highest BCUT2D eigenvalue weighted by Crippen LogP contribution is 2.46. The number of fused-ring (bicyclic) bond motifs is 2. The van der Waals surface area contributed by atoms with E-state index in [2.05, 4.69) is 30.6 Å². The van der Waals surface area contributed by atoms with E-state index in [1.54, 1.807) is 48.5 Å². The van der Waals surface area contributed by atoms with Crippen LogP contribution in [0.5, 0.6) is 0 Å². The third-order valence-corrected chi connectivity index (χ3v) is 20.1. The van der Waals surface area contributed by atoms with Crippen molar-refractivity contribution in [2.24, 2.45) is 81.8 Å². The first-order chi connectivity index (χ1) is 44.5. The van der Waals surface area contributed by atoms with Gasteiger partial charge in [0.25, 0.3) is 0 Å². The van der Waals surface area contributed by atoms with E-state index in [0.29, 0.717) is 19.3 Å². The van der Waals surface area contributed by atoms with Crippen LogP contribution in [-0.4, -0.2) is 150 Å². The first-order valence-electron chi connectivity index (χ1n) is 34.1. The van der Waals surface area contributed by atoms with Crippen molar-refractivity contribution in [3.63, 3.8) is 0 Å². The molecular formula is C71H100F4N8O12. The van der Waals surface area contributed by atoms with Gasteiger partial charge in [0, 0.05) is 113 Å². The van der Waals surface area contributed by atoms with Crippen LogP contribution in [0.15, 0.2) is 37.2 Å². The molecule has 4 amide bonds. The van der Waals surface area contributed by atoms with E-state index in [9.17, 15) is 75.1 Å². The lowest BCUT2D eigenvalue weighted by molar-refractivity contribution is -0.146. The van der Waals surface area contributed by atoms with E-state index in [0.717, 1.165) is 38.5 Å². The number of carbonyl (C=O) groups excluding carboxylic acids is 12. The standard InChI is InChI=1S/C36H52F2N4O6.C35H48F2N4O6/c1-8-21(4)14-29(45)32(46)23(16-30(37)38)15-28(44)31-24-11-9-10-22(24)19-42(31)35(48)33(36(5,6)7)41-34(47)25(20(2)3)17-27(43)26-18-39-12-13-40-26;1-19(2)24(16-26(42)25-17-38-11-12-39-25)33(46)40-32(35(3,4)5)34(47)41-18-21-7-6-8-23(21)30(41)27(43)14-22(15-29(36)37)31(45)28(44)13-20-9-10-20/h12-13,18,20-25,30-31,33H,8-11,14-17,19H2,1-7H3,(H,41,47);11-12,17,19-24,29-30,32H,6-10,13-16,18H2,1-5H3,(H,40,46)/t21-,22-,23?,24-,25+,31?,33+;21-,22?,23-,24+,30?,32+/m00/s1. The predicted octanol–water partition coefficient (Wildman–Crippen LogP) is 9.93. The number of nitrogens with one attached hydrogen (secondary N) is 2. The molecule has 20 nitrogen and oxygen atoms in total. The minimum absolute atomic E-state index is 0.0141. The maximum atomic E-state index is 14.4. The zero-order valence-corrected chi connectivity index (χ0v) is 57.4. The van der Waals surface area contributed by atoms with E-state index in [4.69, 9.17) is 0 Å². The zero-order valence-electron chi connectivity index (χ0n) is 57.4. The second kappa shape index (κ2) is 33.9. The first-order valence-corrected chi connectivity index (χ1v) is 34.1. The number of halogens is 4. The molecule has 3 aliphatic carbocycles. The molecule has 2 N–H and O–H groups in total. The molecule has 7 rings (SSSR count). The molecular weight excluding hydrogens is 1230 g/mol. The molecule has 2 aliphatic heterocycles. The summed E-state index contributed by atoms with van der Waals surface area (Å²) >= 11 is 0. The molecule has 5 fully saturated rings. The summed E-state index contributed by atoms with van der Waals surface area (Å²) in [4.78, 5) is 180. The molecule has 5 aliphatic rings. The summed E-state index contributed by atoms with van der Waals surface area (Å²) < 4.78 is 54.4. The number of rotatable bonds is 33. The number of hydrogen-bond donors (Lipinski definition) is 2. The topological polar surface area (TPSA) is 287 Å². The van der Waals surface area contributed by atoms with Gasteiger partial charge < -0.3 is 20.4 Å². The van der Waals surface area contributed by atoms with Crippen molar-refractivity contribution < 1.29 is 75.1 Å². The smallest absolute Gasteiger partial charge is 0.246 e. The molecule has 2 saturated heterocycles. The van der Waals surface area contributed by atoms with Crippen LogP contribution in [0.1, 0.15) is 213 Å². The molecule has 0 bridgehead atoms. The Morgan fingerprint density at radius 3 is 1.24 bits per heavy atom. The van der Waals surface area contributed by atoms with Crippen molar-refractivity contribution in [1.82, 2.24) is 40.4 Å². The van der Waals surface area contributed by atoms with Gasteiger partial charge in [0.2, 0.25) is 48.0 Å². The molecule has 0 radical (unpaired) electrons. The number of aromatic nitrogens is 4. The molecule has 0 spiro atoms. The van der Waals surface area contributed by atoms with Gasteiger partial charge in [-0.1, -0.05) is 102 Å². The Morgan fingerprint density at radius 1 is 0.526 bits per heavy atom. The highest BCUT2D eigenvalue weighted by atomic mass is 19.3. The third kappa shape index (κ3) is 20.8. The van der Waals surface area contributed by atoms with Gasteiger partial charge in [-0.2, -0.15) is 0 Å². The lowest BCUT2D eigenvalue weighted by atomic mass is 9.82. The number of carbonyl (C=O) groups is 12. The second-order valence-corrected chi connectivity index (χ2v) is 30.3. The molecule has 24 heteroatoms. The monoisotopic (exact) mass is 1330 g/mol. The van der Waals surface area contributed by atoms with Crippen LogP contribution in [0.2, 0.25) is 0 Å². The highest BCUT2D eigenvalue weighted by Gasteiger charge is 2.54. The van der Waals surface area contributed by atoms with Crippen LogP contribution in [0.3, 0.4) is 0 Å². The van der Waals surface area contributed by atoms with Gasteiger partial charge in [-0.25, -0.2) is 27.5 Å². The fraction of sp³-hybridized carbons (Fsp3) is 0.718. The number of ketones is 8. The number of hydrogen-bond acceptors (Lipinski definition) is 16. The van der Waals surface area contributed by atoms with Crippen molar-refractivity contribution in [2.45, 2.75) is 229 Å². The van der Waals surface area contributed by atoms with Crippen molar-refractivity contribution in [3.8, 4) is 0 Å². The summed E-state index contributed by atoms with van der Waals surface area (Å²) in [6.07, 6.45) is 6.27. The molecule has 4 heterocycles. The fourth-order valence-corrected chi connectivity index (χ4v) is 14.2. The third-order valence-electron chi connectivity index (χ3n) is 20.1. The fourth-order valence-electron chi connectivity index (χ4n) is 14.2. The van der Waals surface area contributed by atoms with Crippen LogP contribution < -0.4 is 10.6 Å². The van der Waals surface area contributed by atoms with Crippen LogP contribution in [0.25, 0.3) is 0 Å². The van der Waals surface area contributed by atoms with Gasteiger partial charge in [-0.05, 0) is 96.7 Å². The summed E-state index contributed by atoms with van der Waals surface area (Å²) in [5.41, 5.74) is -1.32. The number of Topliss-reactive ketones (excluding diaryl/α,β-unsaturated/α-hetero) is 8. The highest BCUT2D eigenvalue weighted by molar-refractivity contribution is 6.39. The predicted molar refractivity (Wildman–Crippen MR) is 343 cm³/mol. The SMILES string of the molecule is CC(C)[C@@H](CC(=O)c1cnccn1)C(=O)N[C@H](C(=O)N1C[C@@H]2CCC[C@@H]2C1C(=O)CC(CC(F)F)C(=O)C(=O)CC1CC1)C(C)(C)C.CC[C@H](C)CC(=O)C(=O)C(CC(=O)C1[C@H]2CCC[C@H]2CN1C(=O)[C@@H](NC(=O)[C@H](CC(=O)c1cnccn1)C(C)C)C(C)(C)C)CC(F)F. The second-order valence-electron chi connectivity index (χ2n) is 30.3. The Hall–Kier alpha value is -6.88. The summed E-state index contributed by atoms with van der Waals surface area (Å²) in [5, 5.41) is 5.79. The molecule has 4 unspecified atom stereocenters. The number of nitrogens with zero attached hydrogens (tertiary/aromatic N) is 6. The van der Waals surface area contributed by atoms with Crippen LogP contribution >= 0.6 is 0 Å². The van der Waals surface area contributed by atoms with Crippen molar-refractivity contribution >= 4 is 69.9 Å². The van der Waals surface area contributed by atoms with Crippen LogP contribution in [-0.2, 0) is 47.9 Å². The number of amides is 4. The molecule has 2 aromatic rings. The minimum Gasteiger partial charge on any atom is -0.344 e. The molecule has 3 saturated carbocycles. The maximum absolute atomic E-state index is 14.4. The Bertz CT molecular complexity index is 3080. The quantitative estimate of drug-likeness (QED) is 0.0382. The van der Waals surface area contributed by atoms with E-state index < -0.39 is 156 Å². The Kier molecular flexibility index (Phi) is 27.5. The van der Waals surface area contributed by atoms with Gasteiger partial charge in [0.05, 0.1) is 24.5 Å². The van der Waals surface area contributed by atoms with Gasteiger partial charge in [-0.3, -0.25) is 67.5 Å². The molecule has 13 atom stereocenters. The lowest BCUT2D eigenvalue weighted by Gasteiger charge is -2.37. The van der Waals surface area contributed by atoms with Crippen molar-refractivity contribution in [3.05, 3.63) is 48.6 Å². The summed E-state index contributed by atoms with van der Waals surface area (Å²) in [6, 6.07) is -4.02. The molecule has 0 aromatic carbocycles. The van der Waals surface area contributed by atoms with Gasteiger partial charge in [0.1, 0.15) is 23.5 Å². The number of likely N-dealkylation sites (tertiary alicyclic amines) is 2. The van der Waals surface area contributed by atoms with Crippen LogP contribution in [0.4, 0.5) is 17.6 Å². The van der Waals surface area contributed by atoms with Gasteiger partial charge in [-0.15, -0.1) is 0 Å². The van der Waals surface area contributed by atoms with Gasteiger partial charge in [0.15, 0.2) is 34.7 Å². The van der Waals surface area contributed by atoms with Crippen molar-refractivity contribution in [2.75, 3.05) is 13.1 Å². The normalized spacial score (nSPS) is 22.4. The zero-order chi connectivity index (χ0) is 70.6. The molecule has 95 heavy (non-hydrogen) atoms. The first kappa shape index (κ1) is 77.1. The van der Waals surface area contributed by atoms with E-state index in [1.807, 2.05) is 34.6 Å².